The van der Waals surface area contributed by atoms with Crippen LogP contribution < -0.4 is 14.5 Å². The minimum absolute atomic E-state index is 0.218. The summed E-state index contributed by atoms with van der Waals surface area (Å²) in [4.78, 5) is 32.6. The minimum Gasteiger partial charge on any atom is -0.497 e. The van der Waals surface area contributed by atoms with E-state index in [9.17, 15) is 9.59 Å². The zero-order valence-electron chi connectivity index (χ0n) is 18.2. The molecule has 2 amide bonds. The average molecular weight is 478 g/mol. The van der Waals surface area contributed by atoms with E-state index in [0.29, 0.717) is 46.0 Å². The highest BCUT2D eigenvalue weighted by Crippen LogP contribution is 2.45. The van der Waals surface area contributed by atoms with E-state index in [1.165, 1.54) is 4.90 Å². The van der Waals surface area contributed by atoms with E-state index in [2.05, 4.69) is 13.2 Å². The number of carbonyl (C=O) groups excluding carboxylic acids is 2. The molecule has 33 heavy (non-hydrogen) atoms. The van der Waals surface area contributed by atoms with Gasteiger partial charge in [0.2, 0.25) is 0 Å². The summed E-state index contributed by atoms with van der Waals surface area (Å²) < 4.78 is 5.59. The normalized spacial score (nSPS) is 17.7. The van der Waals surface area contributed by atoms with Crippen molar-refractivity contribution in [2.75, 3.05) is 36.7 Å². The molecule has 2 heterocycles. The molecule has 0 aliphatic carbocycles. The number of rotatable bonds is 8. The fourth-order valence-electron chi connectivity index (χ4n) is 3.87. The van der Waals surface area contributed by atoms with Gasteiger partial charge in [-0.3, -0.25) is 24.3 Å². The van der Waals surface area contributed by atoms with E-state index in [1.54, 1.807) is 48.4 Å². The van der Waals surface area contributed by atoms with Crippen molar-refractivity contribution < 1.29 is 14.3 Å². The Labute approximate surface area is 202 Å². The van der Waals surface area contributed by atoms with Crippen molar-refractivity contribution in [2.45, 2.75) is 0 Å². The second kappa shape index (κ2) is 9.74. The lowest BCUT2D eigenvalue weighted by molar-refractivity contribution is -0.115. The molecule has 1 fully saturated rings. The molecule has 2 aliphatic heterocycles. The van der Waals surface area contributed by atoms with E-state index < -0.39 is 0 Å². The number of methoxy groups -OCH3 is 1. The van der Waals surface area contributed by atoms with Gasteiger partial charge in [0.05, 0.1) is 35.6 Å². The van der Waals surface area contributed by atoms with Crippen molar-refractivity contribution in [3.8, 4) is 5.75 Å². The van der Waals surface area contributed by atoms with Crippen LogP contribution in [0.1, 0.15) is 5.56 Å². The lowest BCUT2D eigenvalue weighted by Gasteiger charge is -2.26. The van der Waals surface area contributed by atoms with Crippen molar-refractivity contribution in [2.24, 2.45) is 0 Å². The molecule has 0 bridgehead atoms. The molecule has 0 unspecified atom stereocenters. The van der Waals surface area contributed by atoms with Gasteiger partial charge in [0.25, 0.3) is 11.8 Å². The maximum absolute atomic E-state index is 13.6. The number of benzene rings is 2. The predicted molar refractivity (Wildman–Crippen MR) is 138 cm³/mol. The molecule has 2 aliphatic rings. The maximum Gasteiger partial charge on any atom is 0.271 e. The molecule has 0 saturated carbocycles. The summed E-state index contributed by atoms with van der Waals surface area (Å²) in [5, 5.41) is 0. The number of thiocarbonyl (C=S) groups is 1. The molecule has 0 radical (unpaired) electrons. The number of hydrogen-bond donors (Lipinski definition) is 0. The molecule has 8 heteroatoms. The molecule has 0 atom stereocenters. The minimum atomic E-state index is -0.302. The van der Waals surface area contributed by atoms with Gasteiger partial charge in [-0.15, -0.1) is 13.2 Å². The summed E-state index contributed by atoms with van der Waals surface area (Å²) in [6, 6.07) is 14.6. The maximum atomic E-state index is 13.6. The van der Waals surface area contributed by atoms with Crippen molar-refractivity contribution >= 4 is 57.1 Å². The predicted octanol–water partition coefficient (Wildman–Crippen LogP) is 4.45. The first-order valence-corrected chi connectivity index (χ1v) is 11.5. The van der Waals surface area contributed by atoms with Crippen LogP contribution in [0.5, 0.6) is 5.75 Å². The van der Waals surface area contributed by atoms with Crippen LogP contribution >= 0.6 is 24.0 Å². The highest BCUT2D eigenvalue weighted by molar-refractivity contribution is 8.27. The van der Waals surface area contributed by atoms with Gasteiger partial charge < -0.3 is 4.74 Å². The van der Waals surface area contributed by atoms with Crippen LogP contribution in [-0.4, -0.2) is 47.9 Å². The highest BCUT2D eigenvalue weighted by Gasteiger charge is 2.42. The number of nitrogens with zero attached hydrogens (tertiary/aromatic N) is 3. The molecule has 0 N–H and O–H groups in total. The number of ether oxygens (including phenoxy) is 1. The Bertz CT molecular complexity index is 1160. The van der Waals surface area contributed by atoms with Crippen LogP contribution in [0.25, 0.3) is 5.57 Å². The number of carbonyl (C=O) groups is 2. The van der Waals surface area contributed by atoms with Crippen LogP contribution in [-0.2, 0) is 9.59 Å². The third kappa shape index (κ3) is 4.25. The van der Waals surface area contributed by atoms with Crippen LogP contribution in [0.4, 0.5) is 11.4 Å². The second-order valence-corrected chi connectivity index (χ2v) is 9.06. The van der Waals surface area contributed by atoms with Crippen molar-refractivity contribution in [3.63, 3.8) is 0 Å². The first-order valence-electron chi connectivity index (χ1n) is 10.3. The van der Waals surface area contributed by atoms with Gasteiger partial charge in [-0.25, -0.2) is 0 Å². The van der Waals surface area contributed by atoms with Crippen molar-refractivity contribution in [1.82, 2.24) is 4.90 Å². The third-order valence-electron chi connectivity index (χ3n) is 5.37. The number of anilines is 2. The van der Waals surface area contributed by atoms with E-state index in [1.807, 2.05) is 29.2 Å². The molecule has 0 aromatic heterocycles. The quantitative estimate of drug-likeness (QED) is 0.318. The van der Waals surface area contributed by atoms with Gasteiger partial charge in [0.15, 0.2) is 4.32 Å². The first kappa shape index (κ1) is 23.0. The number of amides is 2. The highest BCUT2D eigenvalue weighted by atomic mass is 32.2. The van der Waals surface area contributed by atoms with Crippen molar-refractivity contribution in [1.29, 1.82) is 0 Å². The van der Waals surface area contributed by atoms with Crippen molar-refractivity contribution in [3.05, 3.63) is 84.3 Å². The largest absolute Gasteiger partial charge is 0.497 e. The van der Waals surface area contributed by atoms with E-state index >= 15 is 0 Å². The van der Waals surface area contributed by atoms with Gasteiger partial charge in [-0.05, 0) is 30.3 Å². The Balaban J connectivity index is 1.73. The SMILES string of the molecule is C=CCN(CC=C)CN1C(=O)C(=C2SC(=S)N(c3ccc(OC)cc3)C2=O)c2ccccc21. The molecule has 2 aromatic rings. The van der Waals surface area contributed by atoms with E-state index in [-0.39, 0.29) is 11.8 Å². The lowest BCUT2D eigenvalue weighted by Crippen LogP contribution is -2.40. The Hall–Kier alpha value is -3.20. The Morgan fingerprint density at radius 1 is 1.03 bits per heavy atom. The van der Waals surface area contributed by atoms with Crippen LogP contribution in [0.3, 0.4) is 0 Å². The zero-order chi connectivity index (χ0) is 23.5. The Kier molecular flexibility index (Phi) is 6.78. The smallest absolute Gasteiger partial charge is 0.271 e. The molecular weight excluding hydrogens is 454 g/mol. The summed E-state index contributed by atoms with van der Waals surface area (Å²) >= 11 is 6.68. The monoisotopic (exact) mass is 477 g/mol. The zero-order valence-corrected chi connectivity index (χ0v) is 19.8. The van der Waals surface area contributed by atoms with Gasteiger partial charge in [-0.2, -0.15) is 0 Å². The fraction of sp³-hybridized carbons (Fsp3) is 0.160. The lowest BCUT2D eigenvalue weighted by atomic mass is 10.1. The van der Waals surface area contributed by atoms with Crippen LogP contribution in [0, 0.1) is 0 Å². The van der Waals surface area contributed by atoms with Gasteiger partial charge in [-0.1, -0.05) is 54.3 Å². The van der Waals surface area contributed by atoms with Gasteiger partial charge in [0.1, 0.15) is 5.75 Å². The molecule has 0 spiro atoms. The van der Waals surface area contributed by atoms with Crippen LogP contribution in [0.2, 0.25) is 0 Å². The molecule has 168 valence electrons. The number of para-hydroxylation sites is 1. The first-order chi connectivity index (χ1) is 16.0. The summed E-state index contributed by atoms with van der Waals surface area (Å²) in [5.74, 6) is 0.162. The number of thioether (sulfide) groups is 1. The topological polar surface area (TPSA) is 53.1 Å². The standard InChI is InChI=1S/C25H23N3O3S2/c1-4-14-26(15-5-2)16-27-20-9-7-6-8-19(20)21(23(27)29)22-24(30)28(25(32)33-22)17-10-12-18(31-3)13-11-17/h4-13H,1-2,14-16H2,3H3. The summed E-state index contributed by atoms with van der Waals surface area (Å²) in [5.41, 5.74) is 2.52. The number of fused-ring (bicyclic) bond motifs is 1. The average Bonchev–Trinajstić information content (AvgIpc) is 3.26. The molecule has 4 rings (SSSR count). The summed E-state index contributed by atoms with van der Waals surface area (Å²) in [6.45, 7) is 9.17. The summed E-state index contributed by atoms with van der Waals surface area (Å²) in [7, 11) is 1.58. The van der Waals surface area contributed by atoms with Crippen LogP contribution in [0.15, 0.2) is 78.7 Å². The summed E-state index contributed by atoms with van der Waals surface area (Å²) in [6.07, 6.45) is 3.58. The number of hydrogen-bond acceptors (Lipinski definition) is 6. The van der Waals surface area contributed by atoms with E-state index in [4.69, 9.17) is 17.0 Å². The molecule has 6 nitrogen and oxygen atoms in total. The Morgan fingerprint density at radius 3 is 2.33 bits per heavy atom. The molecule has 1 saturated heterocycles. The Morgan fingerprint density at radius 2 is 1.70 bits per heavy atom. The molecular formula is C25H23N3O3S2. The van der Waals surface area contributed by atoms with Gasteiger partial charge in [0, 0.05) is 18.7 Å². The van der Waals surface area contributed by atoms with E-state index in [0.717, 1.165) is 23.0 Å². The second-order valence-electron chi connectivity index (χ2n) is 7.42. The van der Waals surface area contributed by atoms with Gasteiger partial charge >= 0.3 is 0 Å². The fourth-order valence-corrected chi connectivity index (χ4v) is 5.24. The molecule has 2 aromatic carbocycles. The third-order valence-corrected chi connectivity index (χ3v) is 6.74.